The zero-order chi connectivity index (χ0) is 7.56. The van der Waals surface area contributed by atoms with E-state index in [1.165, 1.54) is 10.7 Å². The third kappa shape index (κ3) is 2.42. The minimum atomic E-state index is 0. The van der Waals surface area contributed by atoms with Crippen LogP contribution in [0.2, 0.25) is 0 Å². The van der Waals surface area contributed by atoms with Gasteiger partial charge in [0.15, 0.2) is 12.2 Å². The second-order valence-electron chi connectivity index (χ2n) is 2.30. The monoisotopic (exact) mass is 233 g/mol. The van der Waals surface area contributed by atoms with Crippen molar-refractivity contribution < 1.29 is 21.5 Å². The van der Waals surface area contributed by atoms with Crippen LogP contribution in [0.5, 0.6) is 0 Å². The summed E-state index contributed by atoms with van der Waals surface area (Å²) < 4.78 is 2.25. The Bertz CT molecular complexity index is 223. The molecule has 0 aliphatic rings. The second-order valence-corrected chi connectivity index (χ2v) is 3.36. The van der Waals surface area contributed by atoms with Crippen LogP contribution in [0.4, 0.5) is 0 Å². The first kappa shape index (κ1) is 10.8. The topological polar surface area (TPSA) is 3.88 Å². The number of nitrogens with zero attached hydrogens (tertiary/aromatic N) is 1. The molecule has 62 valence electrons. The Morgan fingerprint density at radius 3 is 2.64 bits per heavy atom. The Labute approximate surface area is 82.1 Å². The first-order valence-electron chi connectivity index (χ1n) is 3.31. The molecule has 1 aromatic rings. The van der Waals surface area contributed by atoms with E-state index in [9.17, 15) is 0 Å². The molecule has 1 aromatic heterocycles. The average Bonchev–Trinajstić information content (AvgIpc) is 2.20. The minimum Gasteiger partial charge on any atom is -1.00 e. The molecule has 0 fully saturated rings. The van der Waals surface area contributed by atoms with E-state index in [2.05, 4.69) is 30.4 Å². The van der Waals surface area contributed by atoms with E-state index in [4.69, 9.17) is 0 Å². The van der Waals surface area contributed by atoms with Crippen LogP contribution in [0, 0.1) is 13.8 Å². The number of allylic oxidation sites excluding steroid dienone is 1. The van der Waals surface area contributed by atoms with E-state index < -0.39 is 0 Å². The maximum atomic E-state index is 3.70. The molecular weight excluding hydrogens is 222 g/mol. The van der Waals surface area contributed by atoms with E-state index >= 15 is 0 Å². The molecule has 0 atom stereocenters. The fourth-order valence-electron chi connectivity index (χ4n) is 0.948. The Morgan fingerprint density at radius 2 is 2.27 bits per heavy atom. The van der Waals surface area contributed by atoms with E-state index in [1.807, 2.05) is 6.08 Å². The zero-order valence-corrected chi connectivity index (χ0v) is 9.20. The summed E-state index contributed by atoms with van der Waals surface area (Å²) in [6, 6.07) is 0. The molecule has 3 heteroatoms. The smallest absolute Gasteiger partial charge is 0.234 e. The summed E-state index contributed by atoms with van der Waals surface area (Å²) in [7, 11) is 0. The van der Waals surface area contributed by atoms with Crippen molar-refractivity contribution in [3.05, 3.63) is 28.7 Å². The number of hydrogen-bond donors (Lipinski definition) is 0. The third-order valence-corrected chi connectivity index (χ3v) is 2.54. The summed E-state index contributed by atoms with van der Waals surface area (Å²) in [5, 5.41) is 3.51. The van der Waals surface area contributed by atoms with E-state index in [0.717, 1.165) is 6.54 Å². The van der Waals surface area contributed by atoms with E-state index in [-0.39, 0.29) is 17.0 Å². The molecule has 1 nitrogen and oxygen atoms in total. The third-order valence-electron chi connectivity index (χ3n) is 1.52. The standard InChI is InChI=1S/C8H12NS.BrH/c1-4-5-9-7(2)6-10-8(9)3;/h4,6H,1,5H2,2-3H3;1H/q+1;/p-1. The predicted molar refractivity (Wildman–Crippen MR) is 44.2 cm³/mol. The van der Waals surface area contributed by atoms with E-state index in [1.54, 1.807) is 11.3 Å². The first-order valence-corrected chi connectivity index (χ1v) is 4.19. The maximum absolute atomic E-state index is 3.70. The van der Waals surface area contributed by atoms with E-state index in [0.29, 0.717) is 0 Å². The van der Waals surface area contributed by atoms with Crippen molar-refractivity contribution in [2.75, 3.05) is 0 Å². The van der Waals surface area contributed by atoms with Crippen molar-refractivity contribution in [3.8, 4) is 0 Å². The van der Waals surface area contributed by atoms with Crippen LogP contribution in [0.25, 0.3) is 0 Å². The summed E-state index contributed by atoms with van der Waals surface area (Å²) in [6.07, 6.45) is 1.92. The molecule has 0 aromatic carbocycles. The highest BCUT2D eigenvalue weighted by Crippen LogP contribution is 2.03. The van der Waals surface area contributed by atoms with Gasteiger partial charge in [0.25, 0.3) is 0 Å². The van der Waals surface area contributed by atoms with Gasteiger partial charge in [-0.1, -0.05) is 17.9 Å². The summed E-state index contributed by atoms with van der Waals surface area (Å²) in [4.78, 5) is 0. The molecule has 0 aliphatic carbocycles. The van der Waals surface area contributed by atoms with Crippen molar-refractivity contribution in [1.82, 2.24) is 0 Å². The van der Waals surface area contributed by atoms with Crippen LogP contribution < -0.4 is 21.5 Å². The Balaban J connectivity index is 0.000001000. The van der Waals surface area contributed by atoms with Crippen LogP contribution in [0.3, 0.4) is 0 Å². The van der Waals surface area contributed by atoms with Crippen LogP contribution in [0.1, 0.15) is 10.7 Å². The molecule has 0 saturated carbocycles. The molecule has 0 unspecified atom stereocenters. The summed E-state index contributed by atoms with van der Waals surface area (Å²) in [6.45, 7) is 8.88. The zero-order valence-electron chi connectivity index (χ0n) is 6.80. The van der Waals surface area contributed by atoms with Gasteiger partial charge in [0.05, 0.1) is 5.38 Å². The van der Waals surface area contributed by atoms with Crippen LogP contribution >= 0.6 is 11.3 Å². The number of aryl methyl sites for hydroxylation is 2. The molecular formula is C8H12BrNS. The van der Waals surface area contributed by atoms with Crippen molar-refractivity contribution in [2.45, 2.75) is 20.4 Å². The maximum Gasteiger partial charge on any atom is 0.234 e. The number of rotatable bonds is 2. The molecule has 0 radical (unpaired) electrons. The van der Waals surface area contributed by atoms with Crippen LogP contribution in [0.15, 0.2) is 18.0 Å². The summed E-state index contributed by atoms with van der Waals surface area (Å²) in [5.74, 6) is 0. The SMILES string of the molecule is C=CC[n+]1c(C)csc1C.[Br-]. The Morgan fingerprint density at radius 1 is 1.64 bits per heavy atom. The van der Waals surface area contributed by atoms with Crippen molar-refractivity contribution in [1.29, 1.82) is 0 Å². The predicted octanol–water partition coefficient (Wildman–Crippen LogP) is -1.16. The van der Waals surface area contributed by atoms with Crippen LogP contribution in [-0.2, 0) is 6.54 Å². The normalized spacial score (nSPS) is 8.91. The fourth-order valence-corrected chi connectivity index (χ4v) is 1.76. The van der Waals surface area contributed by atoms with Gasteiger partial charge in [-0.05, 0) is 6.08 Å². The van der Waals surface area contributed by atoms with Crippen LogP contribution in [-0.4, -0.2) is 0 Å². The Kier molecular flexibility index (Phi) is 4.61. The van der Waals surface area contributed by atoms with Gasteiger partial charge in [0, 0.05) is 13.8 Å². The molecule has 11 heavy (non-hydrogen) atoms. The number of hydrogen-bond acceptors (Lipinski definition) is 1. The molecule has 0 bridgehead atoms. The van der Waals surface area contributed by atoms with Gasteiger partial charge in [-0.3, -0.25) is 0 Å². The van der Waals surface area contributed by atoms with Gasteiger partial charge in [-0.15, -0.1) is 0 Å². The highest BCUT2D eigenvalue weighted by Gasteiger charge is 2.09. The summed E-state index contributed by atoms with van der Waals surface area (Å²) >= 11 is 1.79. The molecule has 0 spiro atoms. The lowest BCUT2D eigenvalue weighted by atomic mass is 10.5. The van der Waals surface area contributed by atoms with Gasteiger partial charge >= 0.3 is 0 Å². The van der Waals surface area contributed by atoms with Crippen molar-refractivity contribution in [2.24, 2.45) is 0 Å². The molecule has 0 saturated heterocycles. The first-order chi connectivity index (χ1) is 4.75. The number of aromatic nitrogens is 1. The highest BCUT2D eigenvalue weighted by atomic mass is 79.9. The molecule has 0 N–H and O–H groups in total. The number of thiazole rings is 1. The quantitative estimate of drug-likeness (QED) is 0.449. The summed E-state index contributed by atoms with van der Waals surface area (Å²) in [5.41, 5.74) is 1.32. The Hall–Kier alpha value is -0.150. The second kappa shape index (κ2) is 4.67. The molecule has 0 amide bonds. The highest BCUT2D eigenvalue weighted by molar-refractivity contribution is 7.09. The molecule has 1 heterocycles. The van der Waals surface area contributed by atoms with Crippen molar-refractivity contribution >= 4 is 11.3 Å². The minimum absolute atomic E-state index is 0. The van der Waals surface area contributed by atoms with Gasteiger partial charge in [0.1, 0.15) is 0 Å². The lowest BCUT2D eigenvalue weighted by molar-refractivity contribution is -0.693. The fraction of sp³-hybridized carbons (Fsp3) is 0.375. The van der Waals surface area contributed by atoms with Gasteiger partial charge in [-0.25, -0.2) is 0 Å². The largest absolute Gasteiger partial charge is 1.00 e. The molecule has 0 aliphatic heterocycles. The average molecular weight is 234 g/mol. The lowest BCUT2D eigenvalue weighted by Gasteiger charge is -1.89. The number of halogens is 1. The van der Waals surface area contributed by atoms with Gasteiger partial charge < -0.3 is 17.0 Å². The van der Waals surface area contributed by atoms with Gasteiger partial charge in [0.2, 0.25) is 5.01 Å². The lowest BCUT2D eigenvalue weighted by Crippen LogP contribution is -3.00. The van der Waals surface area contributed by atoms with Gasteiger partial charge in [-0.2, -0.15) is 4.57 Å². The molecule has 1 rings (SSSR count). The van der Waals surface area contributed by atoms with Crippen molar-refractivity contribution in [3.63, 3.8) is 0 Å².